The molecule has 0 radical (unpaired) electrons. The zero-order valence-corrected chi connectivity index (χ0v) is 7.46. The van der Waals surface area contributed by atoms with Gasteiger partial charge >= 0.3 is 5.97 Å². The van der Waals surface area contributed by atoms with Crippen LogP contribution in [0.25, 0.3) is 0 Å². The van der Waals surface area contributed by atoms with Crippen LogP contribution in [0.3, 0.4) is 0 Å². The third kappa shape index (κ3) is 3.78. The van der Waals surface area contributed by atoms with Crippen LogP contribution in [-0.4, -0.2) is 36.1 Å². The Balaban J connectivity index is 4.19. The van der Waals surface area contributed by atoms with Crippen molar-refractivity contribution in [3.05, 3.63) is 11.6 Å². The minimum Gasteiger partial charge on any atom is -0.478 e. The molecule has 0 aliphatic heterocycles. The van der Waals surface area contributed by atoms with Crippen LogP contribution in [0.1, 0.15) is 13.8 Å². The molecule has 1 unspecified atom stereocenters. The topological polar surface area (TPSA) is 40.5 Å². The molecule has 0 bridgehead atoms. The van der Waals surface area contributed by atoms with Gasteiger partial charge in [-0.15, -0.1) is 0 Å². The van der Waals surface area contributed by atoms with E-state index in [-0.39, 0.29) is 6.04 Å². The molecule has 0 aromatic carbocycles. The Hall–Kier alpha value is -0.830. The van der Waals surface area contributed by atoms with Gasteiger partial charge in [0.05, 0.1) is 0 Å². The fourth-order valence-electron chi connectivity index (χ4n) is 0.582. The van der Waals surface area contributed by atoms with Gasteiger partial charge in [-0.2, -0.15) is 0 Å². The predicted molar refractivity (Wildman–Crippen MR) is 44.5 cm³/mol. The lowest BCUT2D eigenvalue weighted by molar-refractivity contribution is -0.132. The maximum absolute atomic E-state index is 10.4. The monoisotopic (exact) mass is 157 g/mol. The lowest BCUT2D eigenvalue weighted by Crippen LogP contribution is -2.23. The Morgan fingerprint density at radius 1 is 1.55 bits per heavy atom. The van der Waals surface area contributed by atoms with E-state index in [1.807, 2.05) is 25.9 Å². The van der Waals surface area contributed by atoms with Gasteiger partial charge < -0.3 is 10.0 Å². The molecule has 3 nitrogen and oxygen atoms in total. The van der Waals surface area contributed by atoms with Crippen LogP contribution in [0.5, 0.6) is 0 Å². The molecule has 0 fully saturated rings. The zero-order chi connectivity index (χ0) is 9.02. The smallest absolute Gasteiger partial charge is 0.331 e. The first kappa shape index (κ1) is 10.2. The average molecular weight is 157 g/mol. The first-order valence-corrected chi connectivity index (χ1v) is 3.53. The summed E-state index contributed by atoms with van der Waals surface area (Å²) in [4.78, 5) is 12.3. The summed E-state index contributed by atoms with van der Waals surface area (Å²) in [5.74, 6) is -0.848. The number of carbonyl (C=O) groups is 1. The van der Waals surface area contributed by atoms with Gasteiger partial charge in [0.25, 0.3) is 0 Å². The standard InChI is InChI=1S/C8H15NO2/c1-6(8(10)11)5-7(2)9(3)4/h5,7H,1-4H3,(H,10,11)/b6-5-. The first-order chi connectivity index (χ1) is 4.95. The van der Waals surface area contributed by atoms with Crippen LogP contribution in [-0.2, 0) is 4.79 Å². The second-order valence-electron chi connectivity index (χ2n) is 2.86. The van der Waals surface area contributed by atoms with Crippen LogP contribution in [0, 0.1) is 0 Å². The summed E-state index contributed by atoms with van der Waals surface area (Å²) < 4.78 is 0. The Kier molecular flexibility index (Phi) is 3.82. The predicted octanol–water partition coefficient (Wildman–Crippen LogP) is 0.967. The van der Waals surface area contributed by atoms with Crippen molar-refractivity contribution in [3.8, 4) is 0 Å². The molecule has 1 atom stereocenters. The third-order valence-corrected chi connectivity index (χ3v) is 1.64. The quantitative estimate of drug-likeness (QED) is 0.620. The summed E-state index contributed by atoms with van der Waals surface area (Å²) in [6, 6.07) is 0.172. The highest BCUT2D eigenvalue weighted by Gasteiger charge is 2.04. The molecule has 0 saturated heterocycles. The number of carboxylic acid groups (broad SMARTS) is 1. The van der Waals surface area contributed by atoms with E-state index in [0.29, 0.717) is 5.57 Å². The number of hydrogen-bond donors (Lipinski definition) is 1. The van der Waals surface area contributed by atoms with Crippen molar-refractivity contribution in [1.82, 2.24) is 4.90 Å². The van der Waals surface area contributed by atoms with Gasteiger partial charge in [-0.05, 0) is 27.9 Å². The minimum atomic E-state index is -0.848. The van der Waals surface area contributed by atoms with E-state index in [4.69, 9.17) is 5.11 Å². The van der Waals surface area contributed by atoms with E-state index in [2.05, 4.69) is 0 Å². The molecule has 0 aliphatic rings. The zero-order valence-electron chi connectivity index (χ0n) is 7.46. The second-order valence-corrected chi connectivity index (χ2v) is 2.86. The van der Waals surface area contributed by atoms with E-state index < -0.39 is 5.97 Å². The van der Waals surface area contributed by atoms with Gasteiger partial charge in [-0.1, -0.05) is 6.08 Å². The van der Waals surface area contributed by atoms with Crippen molar-refractivity contribution >= 4 is 5.97 Å². The van der Waals surface area contributed by atoms with E-state index in [0.717, 1.165) is 0 Å². The molecule has 0 spiro atoms. The number of nitrogens with zero attached hydrogens (tertiary/aromatic N) is 1. The third-order valence-electron chi connectivity index (χ3n) is 1.64. The summed E-state index contributed by atoms with van der Waals surface area (Å²) in [6.07, 6.45) is 1.72. The fourth-order valence-corrected chi connectivity index (χ4v) is 0.582. The van der Waals surface area contributed by atoms with Gasteiger partial charge in [0, 0.05) is 11.6 Å². The molecule has 11 heavy (non-hydrogen) atoms. The van der Waals surface area contributed by atoms with E-state index >= 15 is 0 Å². The molecular formula is C8H15NO2. The van der Waals surface area contributed by atoms with Gasteiger partial charge in [0.2, 0.25) is 0 Å². The van der Waals surface area contributed by atoms with Gasteiger partial charge in [-0.25, -0.2) is 4.79 Å². The minimum absolute atomic E-state index is 0.172. The molecule has 1 N–H and O–H groups in total. The van der Waals surface area contributed by atoms with Crippen molar-refractivity contribution < 1.29 is 9.90 Å². The molecule has 64 valence electrons. The number of likely N-dealkylation sites (N-methyl/N-ethyl adjacent to an activating group) is 1. The largest absolute Gasteiger partial charge is 0.478 e. The molecule has 0 aromatic heterocycles. The normalized spacial score (nSPS) is 15.2. The van der Waals surface area contributed by atoms with Crippen molar-refractivity contribution in [2.45, 2.75) is 19.9 Å². The first-order valence-electron chi connectivity index (χ1n) is 3.53. The molecule has 0 heterocycles. The van der Waals surface area contributed by atoms with Crippen molar-refractivity contribution in [1.29, 1.82) is 0 Å². The molecule has 0 amide bonds. The number of aliphatic carboxylic acids is 1. The molecular weight excluding hydrogens is 142 g/mol. The number of rotatable bonds is 3. The number of hydrogen-bond acceptors (Lipinski definition) is 2. The molecule has 0 aromatic rings. The highest BCUT2D eigenvalue weighted by Crippen LogP contribution is 1.99. The van der Waals surface area contributed by atoms with Crippen molar-refractivity contribution in [2.75, 3.05) is 14.1 Å². The molecule has 0 aliphatic carbocycles. The van der Waals surface area contributed by atoms with Crippen LogP contribution in [0.4, 0.5) is 0 Å². The second kappa shape index (κ2) is 4.13. The summed E-state index contributed by atoms with van der Waals surface area (Å²) in [7, 11) is 3.83. The van der Waals surface area contributed by atoms with Crippen LogP contribution in [0.15, 0.2) is 11.6 Å². The lowest BCUT2D eigenvalue weighted by Gasteiger charge is -2.15. The summed E-state index contributed by atoms with van der Waals surface area (Å²) in [6.45, 7) is 3.55. The Morgan fingerprint density at radius 3 is 2.27 bits per heavy atom. The fraction of sp³-hybridized carbons (Fsp3) is 0.625. The summed E-state index contributed by atoms with van der Waals surface area (Å²) in [5, 5.41) is 8.53. The van der Waals surface area contributed by atoms with Crippen LogP contribution >= 0.6 is 0 Å². The SMILES string of the molecule is C/C(=C/C(C)N(C)C)C(=O)O. The highest BCUT2D eigenvalue weighted by molar-refractivity contribution is 5.85. The Bertz CT molecular complexity index is 173. The van der Waals surface area contributed by atoms with E-state index in [1.54, 1.807) is 13.0 Å². The van der Waals surface area contributed by atoms with Gasteiger partial charge in [0.15, 0.2) is 0 Å². The average Bonchev–Trinajstić information content (AvgIpc) is 1.87. The summed E-state index contributed by atoms with van der Waals surface area (Å²) in [5.41, 5.74) is 0.395. The molecule has 3 heteroatoms. The van der Waals surface area contributed by atoms with E-state index in [1.165, 1.54) is 0 Å². The van der Waals surface area contributed by atoms with Crippen molar-refractivity contribution in [3.63, 3.8) is 0 Å². The van der Waals surface area contributed by atoms with Crippen molar-refractivity contribution in [2.24, 2.45) is 0 Å². The van der Waals surface area contributed by atoms with Gasteiger partial charge in [0.1, 0.15) is 0 Å². The van der Waals surface area contributed by atoms with Crippen LogP contribution in [0.2, 0.25) is 0 Å². The summed E-state index contributed by atoms with van der Waals surface area (Å²) >= 11 is 0. The van der Waals surface area contributed by atoms with E-state index in [9.17, 15) is 4.79 Å². The lowest BCUT2D eigenvalue weighted by atomic mass is 10.2. The van der Waals surface area contributed by atoms with Gasteiger partial charge in [-0.3, -0.25) is 0 Å². The Morgan fingerprint density at radius 2 is 2.00 bits per heavy atom. The number of carboxylic acids is 1. The maximum Gasteiger partial charge on any atom is 0.331 e. The van der Waals surface area contributed by atoms with Crippen LogP contribution < -0.4 is 0 Å². The maximum atomic E-state index is 10.4. The highest BCUT2D eigenvalue weighted by atomic mass is 16.4. The Labute approximate surface area is 67.3 Å². The molecule has 0 saturated carbocycles. The molecule has 0 rings (SSSR count).